The molecule has 1 aromatic heterocycles. The molecular formula is C25H23F3N2O4. The molecular weight excluding hydrogens is 449 g/mol. The number of rotatable bonds is 8. The summed E-state index contributed by atoms with van der Waals surface area (Å²) < 4.78 is 38.6. The Morgan fingerprint density at radius 3 is 2.38 bits per heavy atom. The fraction of sp³-hybridized carbons (Fsp3) is 0.240. The number of benzene rings is 2. The van der Waals surface area contributed by atoms with E-state index in [1.54, 1.807) is 25.1 Å². The Hall–Kier alpha value is -3.72. The van der Waals surface area contributed by atoms with E-state index in [-0.39, 0.29) is 17.8 Å². The fourth-order valence-electron chi connectivity index (χ4n) is 3.42. The van der Waals surface area contributed by atoms with Crippen molar-refractivity contribution in [1.29, 1.82) is 0 Å². The van der Waals surface area contributed by atoms with E-state index >= 15 is 0 Å². The monoisotopic (exact) mass is 472 g/mol. The van der Waals surface area contributed by atoms with Gasteiger partial charge in [0, 0.05) is 12.2 Å². The van der Waals surface area contributed by atoms with Crippen LogP contribution in [0.3, 0.4) is 0 Å². The highest BCUT2D eigenvalue weighted by Crippen LogP contribution is 2.29. The lowest BCUT2D eigenvalue weighted by molar-refractivity contribution is -0.137. The van der Waals surface area contributed by atoms with Gasteiger partial charge in [-0.15, -0.1) is 0 Å². The Labute approximate surface area is 194 Å². The molecule has 0 fully saturated rings. The van der Waals surface area contributed by atoms with Crippen molar-refractivity contribution in [2.24, 2.45) is 0 Å². The summed E-state index contributed by atoms with van der Waals surface area (Å²) in [6.45, 7) is 1.56. The number of carboxylic acid groups (broad SMARTS) is 1. The Morgan fingerprint density at radius 1 is 1.03 bits per heavy atom. The SMILES string of the molecule is Cc1cc(C(O)CCc2ccc(C(=O)O)cc2)cc(C(=O)NCc2cccc(C(F)(F)F)c2)n1. The van der Waals surface area contributed by atoms with Gasteiger partial charge in [-0.25, -0.2) is 9.78 Å². The third-order valence-corrected chi connectivity index (χ3v) is 5.21. The van der Waals surface area contributed by atoms with Crippen molar-refractivity contribution in [3.8, 4) is 0 Å². The number of carbonyl (C=O) groups is 2. The molecule has 3 aromatic rings. The highest BCUT2D eigenvalue weighted by Gasteiger charge is 2.30. The van der Waals surface area contributed by atoms with Crippen molar-refractivity contribution in [2.45, 2.75) is 38.6 Å². The molecule has 0 saturated carbocycles. The third-order valence-electron chi connectivity index (χ3n) is 5.21. The van der Waals surface area contributed by atoms with Crippen LogP contribution in [0.2, 0.25) is 0 Å². The van der Waals surface area contributed by atoms with Crippen molar-refractivity contribution in [3.05, 3.63) is 99.9 Å². The molecule has 34 heavy (non-hydrogen) atoms. The van der Waals surface area contributed by atoms with Crippen molar-refractivity contribution >= 4 is 11.9 Å². The van der Waals surface area contributed by atoms with Crippen molar-refractivity contribution in [3.63, 3.8) is 0 Å². The lowest BCUT2D eigenvalue weighted by Crippen LogP contribution is -2.24. The molecule has 0 saturated heterocycles. The first-order valence-electron chi connectivity index (χ1n) is 10.5. The predicted octanol–water partition coefficient (Wildman–Crippen LogP) is 4.70. The van der Waals surface area contributed by atoms with Gasteiger partial charge < -0.3 is 15.5 Å². The maximum absolute atomic E-state index is 12.9. The number of halogens is 3. The Bertz CT molecular complexity index is 1180. The second kappa shape index (κ2) is 10.5. The van der Waals surface area contributed by atoms with E-state index < -0.39 is 29.7 Å². The zero-order valence-corrected chi connectivity index (χ0v) is 18.3. The number of alkyl halides is 3. The maximum Gasteiger partial charge on any atom is 0.416 e. The number of carboxylic acids is 1. The number of aromatic nitrogens is 1. The van der Waals surface area contributed by atoms with Gasteiger partial charge in [-0.1, -0.05) is 24.3 Å². The van der Waals surface area contributed by atoms with Gasteiger partial charge in [-0.05, 0) is 72.9 Å². The van der Waals surface area contributed by atoms with Crippen LogP contribution in [0.4, 0.5) is 13.2 Å². The normalized spacial score (nSPS) is 12.3. The van der Waals surface area contributed by atoms with Gasteiger partial charge in [0.25, 0.3) is 5.91 Å². The largest absolute Gasteiger partial charge is 0.478 e. The first kappa shape index (κ1) is 24.9. The van der Waals surface area contributed by atoms with Crippen LogP contribution in [-0.2, 0) is 19.1 Å². The van der Waals surface area contributed by atoms with Gasteiger partial charge in [-0.2, -0.15) is 13.2 Å². The number of aromatic carboxylic acids is 1. The Morgan fingerprint density at radius 2 is 1.74 bits per heavy atom. The average Bonchev–Trinajstić information content (AvgIpc) is 2.80. The lowest BCUT2D eigenvalue weighted by Gasteiger charge is -2.14. The van der Waals surface area contributed by atoms with Crippen molar-refractivity contribution in [1.82, 2.24) is 10.3 Å². The number of hydrogen-bond acceptors (Lipinski definition) is 4. The van der Waals surface area contributed by atoms with E-state index in [1.165, 1.54) is 30.3 Å². The van der Waals surface area contributed by atoms with Gasteiger partial charge in [-0.3, -0.25) is 4.79 Å². The molecule has 0 bridgehead atoms. The topological polar surface area (TPSA) is 99.5 Å². The molecule has 0 radical (unpaired) electrons. The molecule has 1 amide bonds. The first-order chi connectivity index (χ1) is 16.0. The zero-order valence-electron chi connectivity index (χ0n) is 18.3. The Kier molecular flexibility index (Phi) is 7.68. The van der Waals surface area contributed by atoms with Crippen LogP contribution in [0.25, 0.3) is 0 Å². The predicted molar refractivity (Wildman–Crippen MR) is 118 cm³/mol. The van der Waals surface area contributed by atoms with Crippen molar-refractivity contribution in [2.75, 3.05) is 0 Å². The second-order valence-corrected chi connectivity index (χ2v) is 7.86. The molecule has 3 N–H and O–H groups in total. The molecule has 178 valence electrons. The quantitative estimate of drug-likeness (QED) is 0.441. The first-order valence-corrected chi connectivity index (χ1v) is 10.5. The standard InChI is InChI=1S/C25H23F3N2O4/c1-15-11-19(22(31)10-7-16-5-8-18(9-6-16)24(33)34)13-21(30-15)23(32)29-14-17-3-2-4-20(12-17)25(26,27)28/h2-6,8-9,11-13,22,31H,7,10,14H2,1H3,(H,29,32)(H,33,34). The second-order valence-electron chi connectivity index (χ2n) is 7.86. The molecule has 1 unspecified atom stereocenters. The molecule has 1 atom stereocenters. The van der Waals surface area contributed by atoms with Gasteiger partial charge in [0.2, 0.25) is 0 Å². The highest BCUT2D eigenvalue weighted by atomic mass is 19.4. The lowest BCUT2D eigenvalue weighted by atomic mass is 10.00. The number of hydrogen-bond donors (Lipinski definition) is 3. The van der Waals surface area contributed by atoms with Gasteiger partial charge in [0.15, 0.2) is 0 Å². The minimum absolute atomic E-state index is 0.0480. The zero-order chi connectivity index (χ0) is 24.9. The molecule has 0 aliphatic carbocycles. The van der Waals surface area contributed by atoms with Crippen LogP contribution in [0.15, 0.2) is 60.7 Å². The molecule has 0 aliphatic rings. The number of aliphatic hydroxyl groups is 1. The molecule has 1 heterocycles. The van der Waals surface area contributed by atoms with E-state index in [1.807, 2.05) is 0 Å². The number of aliphatic hydroxyl groups excluding tert-OH is 1. The third kappa shape index (κ3) is 6.64. The van der Waals surface area contributed by atoms with Crippen LogP contribution in [0, 0.1) is 6.92 Å². The molecule has 9 heteroatoms. The van der Waals surface area contributed by atoms with Crippen molar-refractivity contribution < 1.29 is 33.0 Å². The molecule has 3 rings (SSSR count). The van der Waals surface area contributed by atoms with Crippen LogP contribution in [-0.4, -0.2) is 27.1 Å². The van der Waals surface area contributed by atoms with E-state index in [4.69, 9.17) is 5.11 Å². The molecule has 2 aromatic carbocycles. The molecule has 0 aliphatic heterocycles. The molecule has 6 nitrogen and oxygen atoms in total. The maximum atomic E-state index is 12.9. The van der Waals surface area contributed by atoms with Crippen LogP contribution < -0.4 is 5.32 Å². The fourth-order valence-corrected chi connectivity index (χ4v) is 3.42. The summed E-state index contributed by atoms with van der Waals surface area (Å²) >= 11 is 0. The Balaban J connectivity index is 1.64. The molecule has 0 spiro atoms. The average molecular weight is 472 g/mol. The number of nitrogens with zero attached hydrogens (tertiary/aromatic N) is 1. The van der Waals surface area contributed by atoms with E-state index in [0.717, 1.165) is 17.7 Å². The summed E-state index contributed by atoms with van der Waals surface area (Å²) in [4.78, 5) is 27.7. The van der Waals surface area contributed by atoms with E-state index in [2.05, 4.69) is 10.3 Å². The van der Waals surface area contributed by atoms with E-state index in [9.17, 15) is 27.9 Å². The minimum atomic E-state index is -4.47. The summed E-state index contributed by atoms with van der Waals surface area (Å²) in [6.07, 6.45) is -4.54. The van der Waals surface area contributed by atoms with Gasteiger partial charge >= 0.3 is 12.1 Å². The summed E-state index contributed by atoms with van der Waals surface area (Å²) in [5.74, 6) is -1.59. The summed E-state index contributed by atoms with van der Waals surface area (Å²) in [7, 11) is 0. The number of pyridine rings is 1. The summed E-state index contributed by atoms with van der Waals surface area (Å²) in [5, 5.41) is 22.1. The number of amides is 1. The van der Waals surface area contributed by atoms with Gasteiger partial charge in [0.05, 0.1) is 17.2 Å². The van der Waals surface area contributed by atoms with Crippen LogP contribution in [0.5, 0.6) is 0 Å². The highest BCUT2D eigenvalue weighted by molar-refractivity contribution is 5.92. The number of nitrogens with one attached hydrogen (secondary N) is 1. The van der Waals surface area contributed by atoms with E-state index in [0.29, 0.717) is 29.7 Å². The van der Waals surface area contributed by atoms with Crippen LogP contribution >= 0.6 is 0 Å². The van der Waals surface area contributed by atoms with Crippen LogP contribution in [0.1, 0.15) is 61.3 Å². The number of carbonyl (C=O) groups excluding carboxylic acids is 1. The van der Waals surface area contributed by atoms with Gasteiger partial charge in [0.1, 0.15) is 5.69 Å². The minimum Gasteiger partial charge on any atom is -0.478 e. The summed E-state index contributed by atoms with van der Waals surface area (Å²) in [6, 6.07) is 14.1. The smallest absolute Gasteiger partial charge is 0.416 e. The summed E-state index contributed by atoms with van der Waals surface area (Å²) in [5.41, 5.74) is 1.57. The number of aryl methyl sites for hydroxylation is 2.